The van der Waals surface area contributed by atoms with Crippen LogP contribution in [0.3, 0.4) is 0 Å². The van der Waals surface area contributed by atoms with Gasteiger partial charge in [0.05, 0.1) is 40.6 Å². The maximum Gasteiger partial charge on any atom is 0.252 e. The summed E-state index contributed by atoms with van der Waals surface area (Å²) in [7, 11) is 5.95. The number of aromatic hydroxyl groups is 1. The summed E-state index contributed by atoms with van der Waals surface area (Å²) in [6.45, 7) is 10.7. The van der Waals surface area contributed by atoms with Crippen molar-refractivity contribution >= 4 is 27.7 Å². The average Bonchev–Trinajstić information content (AvgIpc) is 3.49. The van der Waals surface area contributed by atoms with Crippen molar-refractivity contribution in [1.82, 2.24) is 10.6 Å². The van der Waals surface area contributed by atoms with Crippen molar-refractivity contribution in [1.29, 1.82) is 0 Å². The summed E-state index contributed by atoms with van der Waals surface area (Å²) in [5, 5.41) is 15.4. The number of benzene rings is 2. The van der Waals surface area contributed by atoms with Crippen LogP contribution in [0.25, 0.3) is 0 Å². The number of amides is 2. The van der Waals surface area contributed by atoms with Crippen LogP contribution in [0.2, 0.25) is 0 Å². The van der Waals surface area contributed by atoms with E-state index in [1.165, 1.54) is 26.4 Å². The zero-order chi connectivity index (χ0) is 30.2. The SMILES string of the molecule is CC.COc1cc(Br)c(C(=O)NCC2CCOC2)cc1OC.COc1cc(C(=O)NCC(C)C)cc(OC)c1O. The first-order chi connectivity index (χ1) is 19.1. The van der Waals surface area contributed by atoms with Gasteiger partial charge in [0.25, 0.3) is 11.8 Å². The quantitative estimate of drug-likeness (QED) is 0.334. The average molecular weight is 628 g/mol. The van der Waals surface area contributed by atoms with Crippen molar-refractivity contribution in [3.05, 3.63) is 39.9 Å². The molecule has 0 aliphatic carbocycles. The van der Waals surface area contributed by atoms with Crippen molar-refractivity contribution in [2.24, 2.45) is 11.8 Å². The fourth-order valence-corrected chi connectivity index (χ4v) is 4.03. The minimum atomic E-state index is -0.222. The van der Waals surface area contributed by atoms with E-state index in [2.05, 4.69) is 26.6 Å². The predicted molar refractivity (Wildman–Crippen MR) is 158 cm³/mol. The third-order valence-electron chi connectivity index (χ3n) is 5.71. The highest BCUT2D eigenvalue weighted by atomic mass is 79.9. The molecule has 0 bridgehead atoms. The fourth-order valence-electron chi connectivity index (χ4n) is 3.53. The molecule has 2 amide bonds. The lowest BCUT2D eigenvalue weighted by Crippen LogP contribution is -2.29. The fraction of sp³-hybridized carbons (Fsp3) is 0.517. The predicted octanol–water partition coefficient (Wildman–Crippen LogP) is 5.05. The maximum absolute atomic E-state index is 12.2. The first-order valence-corrected chi connectivity index (χ1v) is 13.9. The van der Waals surface area contributed by atoms with Gasteiger partial charge in [-0.05, 0) is 52.5 Å². The van der Waals surface area contributed by atoms with E-state index >= 15 is 0 Å². The Morgan fingerprint density at radius 1 is 0.925 bits per heavy atom. The molecule has 0 spiro atoms. The minimum absolute atomic E-state index is 0.111. The highest BCUT2D eigenvalue weighted by Crippen LogP contribution is 2.37. The highest BCUT2D eigenvalue weighted by molar-refractivity contribution is 9.10. The molecule has 40 heavy (non-hydrogen) atoms. The van der Waals surface area contributed by atoms with Crippen molar-refractivity contribution in [2.75, 3.05) is 54.7 Å². The van der Waals surface area contributed by atoms with Gasteiger partial charge >= 0.3 is 0 Å². The lowest BCUT2D eigenvalue weighted by molar-refractivity contribution is 0.0937. The van der Waals surface area contributed by atoms with Gasteiger partial charge in [-0.3, -0.25) is 9.59 Å². The smallest absolute Gasteiger partial charge is 0.252 e. The second kappa shape index (κ2) is 18.2. The van der Waals surface area contributed by atoms with Crippen LogP contribution in [0.5, 0.6) is 28.7 Å². The number of methoxy groups -OCH3 is 4. The number of phenolic OH excluding ortho intramolecular Hbond substituents is 1. The van der Waals surface area contributed by atoms with Gasteiger partial charge in [0.15, 0.2) is 23.0 Å². The Kier molecular flexibility index (Phi) is 15.9. The Labute approximate surface area is 245 Å². The summed E-state index contributed by atoms with van der Waals surface area (Å²) in [4.78, 5) is 24.1. The number of ether oxygens (including phenoxy) is 5. The van der Waals surface area contributed by atoms with Crippen molar-refractivity contribution in [3.8, 4) is 28.7 Å². The topological polar surface area (TPSA) is 125 Å². The summed E-state index contributed by atoms with van der Waals surface area (Å²) in [5.41, 5.74) is 0.920. The maximum atomic E-state index is 12.2. The molecule has 2 aromatic carbocycles. The molecule has 1 saturated heterocycles. The van der Waals surface area contributed by atoms with Crippen LogP contribution in [0.1, 0.15) is 54.8 Å². The molecule has 3 N–H and O–H groups in total. The molecule has 224 valence electrons. The second-order valence-corrected chi connectivity index (χ2v) is 9.81. The van der Waals surface area contributed by atoms with Crippen molar-refractivity contribution in [3.63, 3.8) is 0 Å². The van der Waals surface area contributed by atoms with Gasteiger partial charge in [0.1, 0.15) is 0 Å². The third kappa shape index (κ3) is 10.4. The van der Waals surface area contributed by atoms with Gasteiger partial charge in [-0.15, -0.1) is 0 Å². The van der Waals surface area contributed by atoms with Crippen LogP contribution < -0.4 is 29.6 Å². The number of halogens is 1. The van der Waals surface area contributed by atoms with Crippen LogP contribution in [-0.4, -0.2) is 71.7 Å². The van der Waals surface area contributed by atoms with E-state index in [4.69, 9.17) is 23.7 Å². The Hall–Kier alpha value is -3.18. The molecule has 11 heteroatoms. The standard InChI is InChI=1S/C14H18BrNO4.C13H19NO4.C2H6/c1-18-12-5-10(11(15)6-13(12)19-2)14(17)16-7-9-3-4-20-8-9;1-8(2)7-14-13(16)9-5-10(17-3)12(15)11(6-9)18-4;1-2/h5-6,9H,3-4,7-8H2,1-2H3,(H,16,17);5-6,8,15H,7H2,1-4H3,(H,14,16);1-2H3. The molecule has 1 aliphatic rings. The minimum Gasteiger partial charge on any atom is -0.502 e. The molecular weight excluding hydrogens is 584 g/mol. The lowest BCUT2D eigenvalue weighted by Gasteiger charge is -2.13. The molecule has 10 nitrogen and oxygen atoms in total. The molecule has 1 atom stereocenters. The molecule has 1 heterocycles. The molecule has 3 rings (SSSR count). The number of rotatable bonds is 10. The monoisotopic (exact) mass is 626 g/mol. The van der Waals surface area contributed by atoms with Gasteiger partial charge < -0.3 is 39.4 Å². The Bertz CT molecular complexity index is 1060. The first-order valence-electron chi connectivity index (χ1n) is 13.2. The van der Waals surface area contributed by atoms with Gasteiger partial charge in [0.2, 0.25) is 5.75 Å². The number of carbonyl (C=O) groups excluding carboxylic acids is 2. The van der Waals surface area contributed by atoms with E-state index in [-0.39, 0.29) is 29.1 Å². The van der Waals surface area contributed by atoms with E-state index in [0.717, 1.165) is 13.0 Å². The molecule has 0 saturated carbocycles. The summed E-state index contributed by atoms with van der Waals surface area (Å²) in [6.07, 6.45) is 0.993. The molecule has 2 aromatic rings. The molecular formula is C29H43BrN2O8. The molecule has 0 radical (unpaired) electrons. The number of carbonyl (C=O) groups is 2. The van der Waals surface area contributed by atoms with Gasteiger partial charge in [-0.1, -0.05) is 27.7 Å². The highest BCUT2D eigenvalue weighted by Gasteiger charge is 2.19. The number of phenols is 1. The van der Waals surface area contributed by atoms with Crippen LogP contribution in [0.15, 0.2) is 28.7 Å². The summed E-state index contributed by atoms with van der Waals surface area (Å²) in [6, 6.07) is 6.36. The molecule has 0 aromatic heterocycles. The Balaban J connectivity index is 0.000000379. The number of nitrogens with one attached hydrogen (secondary N) is 2. The number of hydrogen-bond acceptors (Lipinski definition) is 8. The van der Waals surface area contributed by atoms with Crippen LogP contribution in [0.4, 0.5) is 0 Å². The van der Waals surface area contributed by atoms with E-state index < -0.39 is 0 Å². The van der Waals surface area contributed by atoms with Crippen LogP contribution in [0, 0.1) is 11.8 Å². The third-order valence-corrected chi connectivity index (χ3v) is 6.36. The van der Waals surface area contributed by atoms with Crippen molar-refractivity contribution < 1.29 is 38.4 Å². The zero-order valence-electron chi connectivity index (χ0n) is 24.7. The largest absolute Gasteiger partial charge is 0.502 e. The van der Waals surface area contributed by atoms with Gasteiger partial charge in [-0.25, -0.2) is 0 Å². The lowest BCUT2D eigenvalue weighted by atomic mass is 10.1. The van der Waals surface area contributed by atoms with E-state index in [1.54, 1.807) is 26.4 Å². The molecule has 1 unspecified atom stereocenters. The van der Waals surface area contributed by atoms with Crippen LogP contribution >= 0.6 is 15.9 Å². The van der Waals surface area contributed by atoms with Gasteiger partial charge in [-0.2, -0.15) is 0 Å². The normalized spacial score (nSPS) is 13.7. The summed E-state index contributed by atoms with van der Waals surface area (Å²) < 4.78 is 26.4. The van der Waals surface area contributed by atoms with E-state index in [0.29, 0.717) is 58.6 Å². The summed E-state index contributed by atoms with van der Waals surface area (Å²) >= 11 is 3.38. The molecule has 1 fully saturated rings. The number of hydrogen-bond donors (Lipinski definition) is 3. The Morgan fingerprint density at radius 2 is 1.48 bits per heavy atom. The second-order valence-electron chi connectivity index (χ2n) is 8.96. The Morgan fingerprint density at radius 3 is 1.95 bits per heavy atom. The first kappa shape index (κ1) is 34.8. The molecule has 1 aliphatic heterocycles. The summed E-state index contributed by atoms with van der Waals surface area (Å²) in [5.74, 6) is 1.84. The van der Waals surface area contributed by atoms with E-state index in [9.17, 15) is 14.7 Å². The van der Waals surface area contributed by atoms with Crippen LogP contribution in [-0.2, 0) is 4.74 Å². The van der Waals surface area contributed by atoms with Crippen molar-refractivity contribution in [2.45, 2.75) is 34.1 Å². The zero-order valence-corrected chi connectivity index (χ0v) is 26.3. The van der Waals surface area contributed by atoms with E-state index in [1.807, 2.05) is 27.7 Å². The van der Waals surface area contributed by atoms with Gasteiger partial charge in [0, 0.05) is 35.7 Å².